The molecule has 0 unspecified atom stereocenters. The fourth-order valence-corrected chi connectivity index (χ4v) is 1.61. The van der Waals surface area contributed by atoms with Crippen molar-refractivity contribution in [3.05, 3.63) is 54.0 Å². The number of ether oxygens (including phenoxy) is 1. The normalized spacial score (nSPS) is 10.4. The second kappa shape index (κ2) is 6.11. The average Bonchev–Trinajstić information content (AvgIpc) is 2.85. The maximum absolute atomic E-state index is 5.39. The molecule has 90 valence electrons. The Balaban J connectivity index is 1.79. The van der Waals surface area contributed by atoms with E-state index >= 15 is 0 Å². The molecular formula is C14H17NO2. The van der Waals surface area contributed by atoms with Crippen LogP contribution in [0.15, 0.2) is 47.3 Å². The van der Waals surface area contributed by atoms with E-state index in [2.05, 4.69) is 17.4 Å². The summed E-state index contributed by atoms with van der Waals surface area (Å²) in [5.41, 5.74) is 2.41. The molecular weight excluding hydrogens is 214 g/mol. The van der Waals surface area contributed by atoms with Gasteiger partial charge in [-0.25, -0.2) is 0 Å². The fourth-order valence-electron chi connectivity index (χ4n) is 1.61. The van der Waals surface area contributed by atoms with Gasteiger partial charge in [-0.15, -0.1) is 0 Å². The molecule has 0 saturated carbocycles. The topological polar surface area (TPSA) is 34.4 Å². The predicted molar refractivity (Wildman–Crippen MR) is 66.9 cm³/mol. The van der Waals surface area contributed by atoms with E-state index in [0.717, 1.165) is 24.4 Å². The van der Waals surface area contributed by atoms with Crippen LogP contribution in [0.1, 0.15) is 18.1 Å². The number of nitrogens with one attached hydrogen (secondary N) is 1. The lowest BCUT2D eigenvalue weighted by Crippen LogP contribution is -2.11. The van der Waals surface area contributed by atoms with E-state index in [1.807, 2.05) is 25.1 Å². The molecule has 3 nitrogen and oxygen atoms in total. The Bertz CT molecular complexity index is 420. The van der Waals surface area contributed by atoms with Crippen molar-refractivity contribution in [1.82, 2.24) is 5.32 Å². The summed E-state index contributed by atoms with van der Waals surface area (Å²) < 4.78 is 10.4. The highest BCUT2D eigenvalue weighted by Gasteiger charge is 1.96. The lowest BCUT2D eigenvalue weighted by atomic mass is 10.2. The van der Waals surface area contributed by atoms with E-state index in [0.29, 0.717) is 6.61 Å². The minimum atomic E-state index is 0.706. The van der Waals surface area contributed by atoms with Crippen molar-refractivity contribution in [3.8, 4) is 5.75 Å². The van der Waals surface area contributed by atoms with Crippen molar-refractivity contribution in [3.63, 3.8) is 0 Å². The molecule has 0 fully saturated rings. The third-order valence-corrected chi connectivity index (χ3v) is 2.47. The van der Waals surface area contributed by atoms with Gasteiger partial charge < -0.3 is 14.5 Å². The van der Waals surface area contributed by atoms with Crippen LogP contribution in [0.3, 0.4) is 0 Å². The molecule has 2 rings (SSSR count). The van der Waals surface area contributed by atoms with Gasteiger partial charge in [0.15, 0.2) is 0 Å². The summed E-state index contributed by atoms with van der Waals surface area (Å²) in [6, 6.07) is 10.1. The molecule has 0 amide bonds. The van der Waals surface area contributed by atoms with E-state index in [1.165, 1.54) is 5.56 Å². The SMILES string of the molecule is CCOc1ccc(CNCc2ccoc2)cc1. The van der Waals surface area contributed by atoms with E-state index in [1.54, 1.807) is 12.5 Å². The van der Waals surface area contributed by atoms with E-state index in [4.69, 9.17) is 9.15 Å². The maximum atomic E-state index is 5.39. The highest BCUT2D eigenvalue weighted by atomic mass is 16.5. The van der Waals surface area contributed by atoms with Gasteiger partial charge >= 0.3 is 0 Å². The smallest absolute Gasteiger partial charge is 0.119 e. The van der Waals surface area contributed by atoms with Crippen LogP contribution < -0.4 is 10.1 Å². The quantitative estimate of drug-likeness (QED) is 0.830. The van der Waals surface area contributed by atoms with Crippen LogP contribution in [0.5, 0.6) is 5.75 Å². The zero-order valence-corrected chi connectivity index (χ0v) is 9.98. The van der Waals surface area contributed by atoms with Crippen molar-refractivity contribution in [2.45, 2.75) is 20.0 Å². The van der Waals surface area contributed by atoms with Crippen LogP contribution >= 0.6 is 0 Å². The molecule has 0 radical (unpaired) electrons. The highest BCUT2D eigenvalue weighted by Crippen LogP contribution is 2.12. The summed E-state index contributed by atoms with van der Waals surface area (Å²) in [6.45, 7) is 4.36. The summed E-state index contributed by atoms with van der Waals surface area (Å²) in [7, 11) is 0. The zero-order chi connectivity index (χ0) is 11.9. The van der Waals surface area contributed by atoms with Gasteiger partial charge in [0.1, 0.15) is 5.75 Å². The Hall–Kier alpha value is -1.74. The first kappa shape index (κ1) is 11.7. The molecule has 3 heteroatoms. The predicted octanol–water partition coefficient (Wildman–Crippen LogP) is 2.97. The zero-order valence-electron chi connectivity index (χ0n) is 9.98. The number of hydrogen-bond acceptors (Lipinski definition) is 3. The molecule has 0 atom stereocenters. The van der Waals surface area contributed by atoms with Crippen molar-refractivity contribution < 1.29 is 9.15 Å². The summed E-state index contributed by atoms with van der Waals surface area (Å²) in [4.78, 5) is 0. The maximum Gasteiger partial charge on any atom is 0.119 e. The van der Waals surface area contributed by atoms with Gasteiger partial charge in [-0.1, -0.05) is 12.1 Å². The van der Waals surface area contributed by atoms with Gasteiger partial charge in [-0.3, -0.25) is 0 Å². The Labute approximate surface area is 101 Å². The summed E-state index contributed by atoms with van der Waals surface area (Å²) in [5, 5.41) is 3.35. The van der Waals surface area contributed by atoms with Gasteiger partial charge in [0.25, 0.3) is 0 Å². The molecule has 0 bridgehead atoms. The van der Waals surface area contributed by atoms with E-state index in [-0.39, 0.29) is 0 Å². The first-order valence-electron chi connectivity index (χ1n) is 5.82. The Morgan fingerprint density at radius 2 is 1.82 bits per heavy atom. The Morgan fingerprint density at radius 1 is 1.06 bits per heavy atom. The van der Waals surface area contributed by atoms with Crippen LogP contribution in [-0.4, -0.2) is 6.61 Å². The van der Waals surface area contributed by atoms with Crippen molar-refractivity contribution >= 4 is 0 Å². The van der Waals surface area contributed by atoms with Crippen LogP contribution in [0, 0.1) is 0 Å². The minimum absolute atomic E-state index is 0.706. The second-order valence-electron chi connectivity index (χ2n) is 3.81. The third kappa shape index (κ3) is 3.64. The minimum Gasteiger partial charge on any atom is -0.494 e. The van der Waals surface area contributed by atoms with Crippen molar-refractivity contribution in [2.24, 2.45) is 0 Å². The fraction of sp³-hybridized carbons (Fsp3) is 0.286. The third-order valence-electron chi connectivity index (χ3n) is 2.47. The number of furan rings is 1. The van der Waals surface area contributed by atoms with Crippen molar-refractivity contribution in [2.75, 3.05) is 6.61 Å². The molecule has 0 aliphatic carbocycles. The second-order valence-corrected chi connectivity index (χ2v) is 3.81. The molecule has 17 heavy (non-hydrogen) atoms. The average molecular weight is 231 g/mol. The summed E-state index contributed by atoms with van der Waals surface area (Å²) in [5.74, 6) is 0.922. The van der Waals surface area contributed by atoms with Crippen LogP contribution in [0.4, 0.5) is 0 Å². The Morgan fingerprint density at radius 3 is 2.47 bits per heavy atom. The number of hydrogen-bond donors (Lipinski definition) is 1. The summed E-state index contributed by atoms with van der Waals surface area (Å²) in [6.07, 6.45) is 3.44. The molecule has 0 aliphatic rings. The van der Waals surface area contributed by atoms with E-state index < -0.39 is 0 Å². The lowest BCUT2D eigenvalue weighted by molar-refractivity contribution is 0.340. The molecule has 2 aromatic rings. The van der Waals surface area contributed by atoms with Gasteiger partial charge in [0, 0.05) is 18.7 Å². The monoisotopic (exact) mass is 231 g/mol. The first-order valence-corrected chi connectivity index (χ1v) is 5.82. The highest BCUT2D eigenvalue weighted by molar-refractivity contribution is 5.27. The molecule has 0 saturated heterocycles. The lowest BCUT2D eigenvalue weighted by Gasteiger charge is -2.06. The first-order chi connectivity index (χ1) is 8.38. The van der Waals surface area contributed by atoms with Crippen LogP contribution in [-0.2, 0) is 13.1 Å². The molecule has 1 aromatic carbocycles. The van der Waals surface area contributed by atoms with Gasteiger partial charge in [0.2, 0.25) is 0 Å². The standard InChI is InChI=1S/C14H17NO2/c1-2-17-14-5-3-12(4-6-14)9-15-10-13-7-8-16-11-13/h3-8,11,15H,2,9-10H2,1H3. The van der Waals surface area contributed by atoms with E-state index in [9.17, 15) is 0 Å². The van der Waals surface area contributed by atoms with Gasteiger partial charge in [-0.2, -0.15) is 0 Å². The Kier molecular flexibility index (Phi) is 4.22. The molecule has 1 heterocycles. The van der Waals surface area contributed by atoms with Gasteiger partial charge in [-0.05, 0) is 30.7 Å². The number of benzene rings is 1. The largest absolute Gasteiger partial charge is 0.494 e. The molecule has 0 spiro atoms. The number of rotatable bonds is 6. The molecule has 0 aliphatic heterocycles. The molecule has 1 aromatic heterocycles. The summed E-state index contributed by atoms with van der Waals surface area (Å²) >= 11 is 0. The van der Waals surface area contributed by atoms with Crippen molar-refractivity contribution in [1.29, 1.82) is 0 Å². The van der Waals surface area contributed by atoms with Crippen LogP contribution in [0.25, 0.3) is 0 Å². The van der Waals surface area contributed by atoms with Gasteiger partial charge in [0.05, 0.1) is 19.1 Å². The van der Waals surface area contributed by atoms with Crippen LogP contribution in [0.2, 0.25) is 0 Å². The molecule has 1 N–H and O–H groups in total.